The third kappa shape index (κ3) is 2.15. The van der Waals surface area contributed by atoms with Crippen LogP contribution < -0.4 is 4.90 Å². The van der Waals surface area contributed by atoms with Gasteiger partial charge >= 0.3 is 0 Å². The van der Waals surface area contributed by atoms with E-state index in [4.69, 9.17) is 0 Å². The smallest absolute Gasteiger partial charge is 0.227 e. The zero-order chi connectivity index (χ0) is 12.6. The second kappa shape index (κ2) is 4.19. The Morgan fingerprint density at radius 1 is 1.39 bits per heavy atom. The number of para-hydroxylation sites is 1. The summed E-state index contributed by atoms with van der Waals surface area (Å²) in [5.41, 5.74) is 2.10. The van der Waals surface area contributed by atoms with Gasteiger partial charge in [0, 0.05) is 25.1 Å². The molecule has 4 nitrogen and oxygen atoms in total. The van der Waals surface area contributed by atoms with Crippen molar-refractivity contribution >= 4 is 11.6 Å². The van der Waals surface area contributed by atoms with Crippen molar-refractivity contribution in [1.29, 1.82) is 0 Å². The third-order valence-electron chi connectivity index (χ3n) is 3.67. The van der Waals surface area contributed by atoms with Gasteiger partial charge < -0.3 is 4.90 Å². The Bertz CT molecular complexity index is 504. The number of aryl methyl sites for hydroxylation is 1. The first-order valence-electron chi connectivity index (χ1n) is 6.50. The summed E-state index contributed by atoms with van der Waals surface area (Å²) < 4.78 is 0. The first-order chi connectivity index (χ1) is 8.68. The number of hydrogen-bond donors (Lipinski definition) is 0. The summed E-state index contributed by atoms with van der Waals surface area (Å²) in [7, 11) is 0. The van der Waals surface area contributed by atoms with Crippen LogP contribution in [0.15, 0.2) is 34.5 Å². The van der Waals surface area contributed by atoms with Crippen LogP contribution in [0.1, 0.15) is 31.7 Å². The highest BCUT2D eigenvalue weighted by Crippen LogP contribution is 2.33. The molecule has 1 aromatic carbocycles. The number of amides is 1. The second-order valence-electron chi connectivity index (χ2n) is 5.19. The lowest BCUT2D eigenvalue weighted by molar-refractivity contribution is -0.118. The van der Waals surface area contributed by atoms with E-state index in [1.54, 1.807) is 0 Å². The third-order valence-corrected chi connectivity index (χ3v) is 3.67. The van der Waals surface area contributed by atoms with Crippen LogP contribution in [0, 0.1) is 0 Å². The van der Waals surface area contributed by atoms with Gasteiger partial charge in [-0.05, 0) is 31.4 Å². The molecule has 18 heavy (non-hydrogen) atoms. The fraction of sp³-hybridized carbons (Fsp3) is 0.500. The van der Waals surface area contributed by atoms with Gasteiger partial charge in [-0.15, -0.1) is 0 Å². The van der Waals surface area contributed by atoms with Crippen LogP contribution in [0.25, 0.3) is 0 Å². The average Bonchev–Trinajstić information content (AvgIpc) is 3.14. The molecule has 0 aliphatic carbocycles. The Labute approximate surface area is 107 Å². The zero-order valence-corrected chi connectivity index (χ0v) is 10.6. The summed E-state index contributed by atoms with van der Waals surface area (Å²) in [6, 6.07) is 8.19. The fourth-order valence-electron chi connectivity index (χ4n) is 2.46. The largest absolute Gasteiger partial charge is 0.312 e. The molecule has 94 valence electrons. The Kier molecular flexibility index (Phi) is 2.65. The van der Waals surface area contributed by atoms with Gasteiger partial charge in [-0.25, -0.2) is 0 Å². The quantitative estimate of drug-likeness (QED) is 0.805. The first-order valence-corrected chi connectivity index (χ1v) is 6.50. The van der Waals surface area contributed by atoms with Crippen molar-refractivity contribution in [2.24, 2.45) is 10.2 Å². The SMILES string of the molecule is CC1(CCC(=O)N2CCCc3ccccc32)N=N1. The van der Waals surface area contributed by atoms with Gasteiger partial charge in [-0.3, -0.25) is 4.79 Å². The standard InChI is InChI=1S/C14H17N3O/c1-14(15-16-14)9-8-13(18)17-10-4-6-11-5-2-3-7-12(11)17/h2-3,5,7H,4,6,8-10H2,1H3. The fourth-order valence-corrected chi connectivity index (χ4v) is 2.46. The van der Waals surface area contributed by atoms with Crippen LogP contribution in [0.2, 0.25) is 0 Å². The van der Waals surface area contributed by atoms with Crippen LogP contribution in [-0.4, -0.2) is 18.1 Å². The Morgan fingerprint density at radius 2 is 2.17 bits per heavy atom. The molecule has 0 unspecified atom stereocenters. The highest BCUT2D eigenvalue weighted by Gasteiger charge is 2.35. The molecule has 0 bridgehead atoms. The Morgan fingerprint density at radius 3 is 2.94 bits per heavy atom. The zero-order valence-electron chi connectivity index (χ0n) is 10.6. The molecule has 0 radical (unpaired) electrons. The number of carbonyl (C=O) groups is 1. The molecule has 0 N–H and O–H groups in total. The van der Waals surface area contributed by atoms with Gasteiger partial charge in [0.05, 0.1) is 0 Å². The van der Waals surface area contributed by atoms with E-state index in [9.17, 15) is 4.79 Å². The van der Waals surface area contributed by atoms with Gasteiger partial charge in [-0.2, -0.15) is 10.2 Å². The molecule has 0 saturated heterocycles. The van der Waals surface area contributed by atoms with E-state index in [2.05, 4.69) is 16.3 Å². The highest BCUT2D eigenvalue weighted by molar-refractivity contribution is 5.94. The van der Waals surface area contributed by atoms with Crippen molar-refractivity contribution in [3.8, 4) is 0 Å². The molecule has 1 amide bonds. The minimum atomic E-state index is -0.273. The summed E-state index contributed by atoms with van der Waals surface area (Å²) in [5.74, 6) is 0.195. The van der Waals surface area contributed by atoms with Crippen molar-refractivity contribution in [1.82, 2.24) is 0 Å². The molecule has 1 aromatic rings. The lowest BCUT2D eigenvalue weighted by Crippen LogP contribution is -2.35. The Balaban J connectivity index is 1.70. The molecule has 2 heterocycles. The maximum atomic E-state index is 12.3. The van der Waals surface area contributed by atoms with Crippen molar-refractivity contribution in [2.75, 3.05) is 11.4 Å². The van der Waals surface area contributed by atoms with Crippen LogP contribution in [-0.2, 0) is 11.2 Å². The maximum absolute atomic E-state index is 12.3. The predicted molar refractivity (Wildman–Crippen MR) is 69.6 cm³/mol. The minimum absolute atomic E-state index is 0.195. The van der Waals surface area contributed by atoms with Gasteiger partial charge in [-0.1, -0.05) is 18.2 Å². The van der Waals surface area contributed by atoms with E-state index in [0.29, 0.717) is 6.42 Å². The van der Waals surface area contributed by atoms with E-state index >= 15 is 0 Å². The molecular weight excluding hydrogens is 226 g/mol. The molecular formula is C14H17N3O. The van der Waals surface area contributed by atoms with E-state index in [1.165, 1.54) is 5.56 Å². The predicted octanol–water partition coefficient (Wildman–Crippen LogP) is 2.93. The van der Waals surface area contributed by atoms with Crippen LogP contribution in [0.4, 0.5) is 5.69 Å². The maximum Gasteiger partial charge on any atom is 0.227 e. The van der Waals surface area contributed by atoms with E-state index in [-0.39, 0.29) is 11.6 Å². The summed E-state index contributed by atoms with van der Waals surface area (Å²) in [6.45, 7) is 2.80. The molecule has 4 heteroatoms. The number of hydrogen-bond acceptors (Lipinski definition) is 3. The van der Waals surface area contributed by atoms with Gasteiger partial charge in [0.15, 0.2) is 5.66 Å². The number of nitrogens with zero attached hydrogens (tertiary/aromatic N) is 3. The Hall–Kier alpha value is -1.71. The number of anilines is 1. The van der Waals surface area contributed by atoms with Crippen molar-refractivity contribution in [3.05, 3.63) is 29.8 Å². The number of carbonyl (C=O) groups excluding carboxylic acids is 1. The second-order valence-corrected chi connectivity index (χ2v) is 5.19. The topological polar surface area (TPSA) is 45.0 Å². The van der Waals surface area contributed by atoms with Crippen LogP contribution >= 0.6 is 0 Å². The van der Waals surface area contributed by atoms with Crippen LogP contribution in [0.5, 0.6) is 0 Å². The molecule has 2 aliphatic rings. The van der Waals surface area contributed by atoms with E-state index in [1.807, 2.05) is 30.0 Å². The summed E-state index contributed by atoms with van der Waals surface area (Å²) >= 11 is 0. The highest BCUT2D eigenvalue weighted by atomic mass is 16.2. The molecule has 0 saturated carbocycles. The first kappa shape index (κ1) is 11.4. The number of fused-ring (bicyclic) bond motifs is 1. The minimum Gasteiger partial charge on any atom is -0.312 e. The number of rotatable bonds is 3. The summed E-state index contributed by atoms with van der Waals surface area (Å²) in [5, 5.41) is 7.90. The molecule has 0 aromatic heterocycles. The van der Waals surface area contributed by atoms with Crippen molar-refractivity contribution in [2.45, 2.75) is 38.3 Å². The lowest BCUT2D eigenvalue weighted by atomic mass is 10.0. The molecule has 0 spiro atoms. The number of benzene rings is 1. The molecule has 2 aliphatic heterocycles. The summed E-state index contributed by atoms with van der Waals surface area (Å²) in [6.07, 6.45) is 3.37. The lowest BCUT2D eigenvalue weighted by Gasteiger charge is -2.29. The average molecular weight is 243 g/mol. The van der Waals surface area contributed by atoms with Crippen molar-refractivity contribution < 1.29 is 4.79 Å². The molecule has 3 rings (SSSR count). The van der Waals surface area contributed by atoms with E-state index in [0.717, 1.165) is 31.5 Å². The monoisotopic (exact) mass is 243 g/mol. The van der Waals surface area contributed by atoms with Gasteiger partial charge in [0.25, 0.3) is 0 Å². The normalized spacial score (nSPS) is 19.5. The summed E-state index contributed by atoms with van der Waals surface area (Å²) in [4.78, 5) is 14.2. The van der Waals surface area contributed by atoms with Crippen LogP contribution in [0.3, 0.4) is 0 Å². The van der Waals surface area contributed by atoms with E-state index < -0.39 is 0 Å². The van der Waals surface area contributed by atoms with Gasteiger partial charge in [0.1, 0.15) is 0 Å². The molecule has 0 atom stereocenters. The van der Waals surface area contributed by atoms with Crippen molar-refractivity contribution in [3.63, 3.8) is 0 Å². The van der Waals surface area contributed by atoms with Gasteiger partial charge in [0.2, 0.25) is 5.91 Å². The molecule has 0 fully saturated rings.